The zero-order chi connectivity index (χ0) is 38.6. The van der Waals surface area contributed by atoms with E-state index in [1.807, 2.05) is 54.2 Å². The highest BCUT2D eigenvalue weighted by Crippen LogP contribution is 2.62. The summed E-state index contributed by atoms with van der Waals surface area (Å²) in [6, 6.07) is 70.4. The quantitative estimate of drug-likeness (QED) is 0.175. The average Bonchev–Trinajstić information content (AvgIpc) is 3.58. The van der Waals surface area contributed by atoms with Crippen LogP contribution in [-0.2, 0) is 5.41 Å². The van der Waals surface area contributed by atoms with Gasteiger partial charge in [-0.2, -0.15) is 5.26 Å². The Balaban J connectivity index is 1.15. The number of fused-ring (bicyclic) bond motifs is 9. The maximum atomic E-state index is 9.78. The second-order valence-electron chi connectivity index (χ2n) is 14.7. The lowest BCUT2D eigenvalue weighted by Gasteiger charge is -2.39. The fraction of sp³-hybridized carbons (Fsp3) is 0.0189. The summed E-state index contributed by atoms with van der Waals surface area (Å²) in [4.78, 5) is 18.0. The van der Waals surface area contributed by atoms with E-state index in [1.54, 1.807) is 0 Å². The highest BCUT2D eigenvalue weighted by Gasteiger charge is 2.50. The van der Waals surface area contributed by atoms with Gasteiger partial charge >= 0.3 is 0 Å². The minimum atomic E-state index is -0.621. The summed E-state index contributed by atoms with van der Waals surface area (Å²) in [6.07, 6.45) is 0. The molecule has 1 aliphatic carbocycles. The molecule has 0 saturated carbocycles. The molecule has 0 atom stereocenters. The van der Waals surface area contributed by atoms with E-state index in [0.717, 1.165) is 38.9 Å². The summed E-state index contributed by atoms with van der Waals surface area (Å²) in [5, 5.41) is 9.78. The van der Waals surface area contributed by atoms with Crippen LogP contribution in [0.1, 0.15) is 27.8 Å². The van der Waals surface area contributed by atoms with Crippen molar-refractivity contribution < 1.29 is 0 Å². The van der Waals surface area contributed by atoms with Crippen LogP contribution < -0.4 is 0 Å². The Morgan fingerprint density at radius 2 is 0.810 bits per heavy atom. The van der Waals surface area contributed by atoms with E-state index in [1.165, 1.54) is 43.2 Å². The Bertz CT molecular complexity index is 3070. The number of hydrogen-bond donors (Lipinski definition) is 0. The van der Waals surface area contributed by atoms with Crippen LogP contribution in [0, 0.1) is 11.3 Å². The molecule has 0 bridgehead atoms. The van der Waals surface area contributed by atoms with Gasteiger partial charge in [-0.05, 0) is 98.1 Å². The zero-order valence-electron chi connectivity index (χ0n) is 31.2. The van der Waals surface area contributed by atoms with Crippen LogP contribution in [0.15, 0.2) is 204 Å². The predicted molar refractivity (Wildman–Crippen MR) is 233 cm³/mol. The van der Waals surface area contributed by atoms with Crippen molar-refractivity contribution in [1.82, 2.24) is 15.0 Å². The van der Waals surface area contributed by atoms with Gasteiger partial charge in [-0.25, -0.2) is 15.0 Å². The van der Waals surface area contributed by atoms with E-state index >= 15 is 0 Å². The highest BCUT2D eigenvalue weighted by molar-refractivity contribution is 7.99. The summed E-state index contributed by atoms with van der Waals surface area (Å²) >= 11 is 1.83. The lowest BCUT2D eigenvalue weighted by atomic mass is 9.67. The van der Waals surface area contributed by atoms with Gasteiger partial charge in [0, 0.05) is 26.5 Å². The molecule has 1 aromatic heterocycles. The van der Waals surface area contributed by atoms with Crippen LogP contribution in [0.4, 0.5) is 0 Å². The molecule has 270 valence electrons. The van der Waals surface area contributed by atoms with Crippen LogP contribution >= 0.6 is 11.8 Å². The molecule has 1 aliphatic heterocycles. The van der Waals surface area contributed by atoms with Crippen LogP contribution in [0.2, 0.25) is 0 Å². The van der Waals surface area contributed by atoms with Crippen LogP contribution in [0.5, 0.6) is 0 Å². The number of hydrogen-bond acceptors (Lipinski definition) is 5. The van der Waals surface area contributed by atoms with Crippen molar-refractivity contribution in [3.63, 3.8) is 0 Å². The van der Waals surface area contributed by atoms with Gasteiger partial charge in [-0.1, -0.05) is 163 Å². The molecule has 0 amide bonds. The van der Waals surface area contributed by atoms with E-state index in [4.69, 9.17) is 15.0 Å². The molecule has 5 heteroatoms. The van der Waals surface area contributed by atoms with Crippen LogP contribution in [0.25, 0.3) is 67.5 Å². The first-order chi connectivity index (χ1) is 28.7. The van der Waals surface area contributed by atoms with Gasteiger partial charge in [0.25, 0.3) is 0 Å². The third-order valence-electron chi connectivity index (χ3n) is 11.4. The molecule has 1 spiro atoms. The minimum absolute atomic E-state index is 0.614. The fourth-order valence-corrected chi connectivity index (χ4v) is 10.00. The molecule has 0 radical (unpaired) electrons. The zero-order valence-corrected chi connectivity index (χ0v) is 32.0. The normalized spacial score (nSPS) is 12.9. The Labute approximate surface area is 341 Å². The first-order valence-corrected chi connectivity index (χ1v) is 20.1. The smallest absolute Gasteiger partial charge is 0.164 e. The maximum Gasteiger partial charge on any atom is 0.164 e. The molecule has 2 heterocycles. The Kier molecular flexibility index (Phi) is 7.99. The van der Waals surface area contributed by atoms with E-state index in [-0.39, 0.29) is 0 Å². The van der Waals surface area contributed by atoms with Gasteiger partial charge in [0.15, 0.2) is 17.5 Å². The topological polar surface area (TPSA) is 62.5 Å². The summed E-state index contributed by atoms with van der Waals surface area (Å²) in [6.45, 7) is 0. The number of nitriles is 1. The monoisotopic (exact) mass is 756 g/mol. The summed E-state index contributed by atoms with van der Waals surface area (Å²) in [7, 11) is 0. The molecule has 4 nitrogen and oxygen atoms in total. The Morgan fingerprint density at radius 3 is 1.45 bits per heavy atom. The Hall–Kier alpha value is -7.39. The van der Waals surface area contributed by atoms with Crippen molar-refractivity contribution >= 4 is 11.8 Å². The van der Waals surface area contributed by atoms with Gasteiger partial charge in [-0.15, -0.1) is 0 Å². The minimum Gasteiger partial charge on any atom is -0.208 e. The summed E-state index contributed by atoms with van der Waals surface area (Å²) in [5.74, 6) is 1.86. The van der Waals surface area contributed by atoms with Crippen molar-refractivity contribution in [2.75, 3.05) is 0 Å². The number of aromatic nitrogens is 3. The van der Waals surface area contributed by atoms with E-state index in [0.29, 0.717) is 23.0 Å². The summed E-state index contributed by atoms with van der Waals surface area (Å²) in [5.41, 5.74) is 14.4. The Morgan fingerprint density at radius 1 is 0.362 bits per heavy atom. The van der Waals surface area contributed by atoms with Crippen molar-refractivity contribution in [3.8, 4) is 73.6 Å². The predicted octanol–water partition coefficient (Wildman–Crippen LogP) is 12.9. The molecule has 0 N–H and O–H groups in total. The number of nitrogens with zero attached hydrogens (tertiary/aromatic N) is 4. The average molecular weight is 757 g/mol. The second-order valence-corrected chi connectivity index (χ2v) is 15.8. The first-order valence-electron chi connectivity index (χ1n) is 19.3. The molecule has 0 fully saturated rings. The third-order valence-corrected chi connectivity index (χ3v) is 12.6. The molecule has 58 heavy (non-hydrogen) atoms. The van der Waals surface area contributed by atoms with E-state index in [2.05, 4.69) is 158 Å². The number of rotatable bonds is 5. The van der Waals surface area contributed by atoms with Gasteiger partial charge in [0.1, 0.15) is 0 Å². The second kappa shape index (κ2) is 13.7. The standard InChI is InChI=1S/C53H32N4S/c54-33-34-13-11-18-37(29-34)39-25-27-42-43-28-26-41(32-47(43)53(46(42)31-39)44-21-7-9-23-48(44)58-49-24-10-8-22-45(49)53)52-56-50(36-16-5-2-6-17-36)55-51(57-52)40-20-12-19-38(30-40)35-14-3-1-4-15-35/h1-32H. The molecule has 11 rings (SSSR count). The fourth-order valence-electron chi connectivity index (χ4n) is 8.80. The molecule has 0 saturated heterocycles. The molecular formula is C53H32N4S. The highest BCUT2D eigenvalue weighted by atomic mass is 32.2. The largest absolute Gasteiger partial charge is 0.208 e. The molecule has 0 unspecified atom stereocenters. The first kappa shape index (κ1) is 33.9. The van der Waals surface area contributed by atoms with Crippen LogP contribution in [-0.4, -0.2) is 15.0 Å². The SMILES string of the molecule is N#Cc1cccc(-c2ccc3c(c2)C2(c4ccccc4Sc4ccccc42)c2cc(-c4nc(-c5ccccc5)nc(-c5cccc(-c6ccccc6)c5)n4)ccc2-3)c1. The lowest BCUT2D eigenvalue weighted by molar-refractivity contribution is 0.722. The van der Waals surface area contributed by atoms with Crippen molar-refractivity contribution in [3.05, 3.63) is 222 Å². The summed E-state index contributed by atoms with van der Waals surface area (Å²) < 4.78 is 0. The van der Waals surface area contributed by atoms with E-state index < -0.39 is 5.41 Å². The number of benzene rings is 8. The van der Waals surface area contributed by atoms with E-state index in [9.17, 15) is 5.26 Å². The van der Waals surface area contributed by atoms with Gasteiger partial charge in [0.2, 0.25) is 0 Å². The lowest BCUT2D eigenvalue weighted by Crippen LogP contribution is -2.32. The molecule has 9 aromatic rings. The molecule has 8 aromatic carbocycles. The molecular weight excluding hydrogens is 725 g/mol. The maximum absolute atomic E-state index is 9.78. The molecule has 2 aliphatic rings. The third kappa shape index (κ3) is 5.42. The van der Waals surface area contributed by atoms with Crippen molar-refractivity contribution in [2.24, 2.45) is 0 Å². The van der Waals surface area contributed by atoms with Gasteiger partial charge < -0.3 is 0 Å². The van der Waals surface area contributed by atoms with Crippen molar-refractivity contribution in [2.45, 2.75) is 15.2 Å². The van der Waals surface area contributed by atoms with Gasteiger partial charge in [-0.3, -0.25) is 0 Å². The van der Waals surface area contributed by atoms with Crippen molar-refractivity contribution in [1.29, 1.82) is 5.26 Å². The van der Waals surface area contributed by atoms with Gasteiger partial charge in [0.05, 0.1) is 17.0 Å². The van der Waals surface area contributed by atoms with Crippen LogP contribution in [0.3, 0.4) is 0 Å².